The number of nitrogens with one attached hydrogen (secondary N) is 1. The highest BCUT2D eigenvalue weighted by Crippen LogP contribution is 2.14. The molecule has 0 heterocycles. The first kappa shape index (κ1) is 12.3. The normalized spacial score (nSPS) is 14.9. The molecule has 0 aromatic heterocycles. The van der Waals surface area contributed by atoms with Gasteiger partial charge in [0.25, 0.3) is 0 Å². The predicted molar refractivity (Wildman–Crippen MR) is 67.2 cm³/mol. The lowest BCUT2D eigenvalue weighted by Crippen LogP contribution is -2.24. The Morgan fingerprint density at radius 3 is 2.60 bits per heavy atom. The number of hydrogen-bond donors (Lipinski definition) is 1. The summed E-state index contributed by atoms with van der Waals surface area (Å²) in [4.78, 5) is 0. The van der Waals surface area contributed by atoms with E-state index in [1.54, 1.807) is 0 Å². The molecule has 0 spiro atoms. The summed E-state index contributed by atoms with van der Waals surface area (Å²) >= 11 is 0. The maximum atomic E-state index is 3.29. The molecule has 0 saturated heterocycles. The molecule has 2 atom stereocenters. The molecule has 0 bridgehead atoms. The highest BCUT2D eigenvalue weighted by Gasteiger charge is 2.07. The second kappa shape index (κ2) is 5.92. The predicted octanol–water partition coefficient (Wildman–Crippen LogP) is 3.17. The number of hydrogen-bond acceptors (Lipinski definition) is 1. The van der Waals surface area contributed by atoms with Gasteiger partial charge in [0.05, 0.1) is 0 Å². The van der Waals surface area contributed by atoms with E-state index in [1.165, 1.54) is 24.0 Å². The molecule has 1 rings (SSSR count). The van der Waals surface area contributed by atoms with Crippen molar-refractivity contribution in [3.05, 3.63) is 35.4 Å². The van der Waals surface area contributed by atoms with Crippen molar-refractivity contribution in [1.82, 2.24) is 5.32 Å². The van der Waals surface area contributed by atoms with Gasteiger partial charge in [-0.15, -0.1) is 0 Å². The first-order valence-electron chi connectivity index (χ1n) is 5.84. The molecule has 1 nitrogen and oxygen atoms in total. The number of aryl methyl sites for hydroxylation is 1. The van der Waals surface area contributed by atoms with Gasteiger partial charge in [-0.3, -0.25) is 0 Å². The summed E-state index contributed by atoms with van der Waals surface area (Å²) < 4.78 is 0. The van der Waals surface area contributed by atoms with E-state index in [0.29, 0.717) is 6.04 Å². The van der Waals surface area contributed by atoms with Gasteiger partial charge in [-0.2, -0.15) is 0 Å². The van der Waals surface area contributed by atoms with E-state index in [9.17, 15) is 0 Å². The van der Waals surface area contributed by atoms with Crippen LogP contribution in [0.1, 0.15) is 31.4 Å². The Kier molecular flexibility index (Phi) is 4.83. The molecule has 0 aliphatic heterocycles. The van der Waals surface area contributed by atoms with Gasteiger partial charge < -0.3 is 5.32 Å². The minimum absolute atomic E-state index is 0.616. The highest BCUT2D eigenvalue weighted by molar-refractivity contribution is 5.22. The Morgan fingerprint density at radius 2 is 2.00 bits per heavy atom. The zero-order valence-corrected chi connectivity index (χ0v) is 10.4. The van der Waals surface area contributed by atoms with Crippen LogP contribution in [-0.4, -0.2) is 13.1 Å². The van der Waals surface area contributed by atoms with Crippen LogP contribution in [0.25, 0.3) is 0 Å². The van der Waals surface area contributed by atoms with Crippen molar-refractivity contribution in [3.63, 3.8) is 0 Å². The van der Waals surface area contributed by atoms with Crippen LogP contribution in [0.15, 0.2) is 24.3 Å². The smallest absolute Gasteiger partial charge is 0.00383 e. The van der Waals surface area contributed by atoms with E-state index in [-0.39, 0.29) is 0 Å². The zero-order chi connectivity index (χ0) is 11.3. The van der Waals surface area contributed by atoms with Crippen molar-refractivity contribution in [1.29, 1.82) is 0 Å². The van der Waals surface area contributed by atoms with Gasteiger partial charge in [0.1, 0.15) is 0 Å². The second-order valence-electron chi connectivity index (χ2n) is 4.72. The third-order valence-corrected chi connectivity index (χ3v) is 2.92. The molecule has 1 heteroatoms. The average molecular weight is 205 g/mol. The summed E-state index contributed by atoms with van der Waals surface area (Å²) in [6, 6.07) is 9.45. The molecule has 1 aromatic carbocycles. The molecular formula is C14H23N. The molecule has 1 N–H and O–H groups in total. The average Bonchev–Trinajstić information content (AvgIpc) is 2.17. The Bertz CT molecular complexity index is 293. The van der Waals surface area contributed by atoms with E-state index in [0.717, 1.165) is 5.92 Å². The van der Waals surface area contributed by atoms with Gasteiger partial charge in [0.2, 0.25) is 0 Å². The van der Waals surface area contributed by atoms with E-state index < -0.39 is 0 Å². The molecule has 0 fully saturated rings. The van der Waals surface area contributed by atoms with E-state index >= 15 is 0 Å². The maximum absolute atomic E-state index is 3.29. The summed E-state index contributed by atoms with van der Waals surface area (Å²) in [5, 5.41) is 3.29. The van der Waals surface area contributed by atoms with Crippen LogP contribution in [0, 0.1) is 12.8 Å². The molecule has 0 radical (unpaired) electrons. The molecule has 15 heavy (non-hydrogen) atoms. The summed E-state index contributed by atoms with van der Waals surface area (Å²) in [5.74, 6) is 0.745. The second-order valence-corrected chi connectivity index (χ2v) is 4.72. The first-order valence-corrected chi connectivity index (χ1v) is 5.84. The number of rotatable bonds is 5. The fourth-order valence-corrected chi connectivity index (χ4v) is 2.05. The molecular weight excluding hydrogens is 182 g/mol. The molecule has 2 unspecified atom stereocenters. The molecule has 0 amide bonds. The van der Waals surface area contributed by atoms with Gasteiger partial charge in [0, 0.05) is 6.04 Å². The Morgan fingerprint density at radius 1 is 1.27 bits per heavy atom. The lowest BCUT2D eigenvalue weighted by Gasteiger charge is -2.16. The van der Waals surface area contributed by atoms with Crippen molar-refractivity contribution in [2.24, 2.45) is 5.92 Å². The van der Waals surface area contributed by atoms with Gasteiger partial charge in [-0.1, -0.05) is 36.8 Å². The summed E-state index contributed by atoms with van der Waals surface area (Å²) in [7, 11) is 2.03. The van der Waals surface area contributed by atoms with Crippen LogP contribution in [0.5, 0.6) is 0 Å². The van der Waals surface area contributed by atoms with Crippen LogP contribution in [-0.2, 0) is 6.42 Å². The third kappa shape index (κ3) is 4.48. The highest BCUT2D eigenvalue weighted by atomic mass is 14.8. The largest absolute Gasteiger partial charge is 0.317 e. The van der Waals surface area contributed by atoms with E-state index in [2.05, 4.69) is 50.4 Å². The Balaban J connectivity index is 2.47. The van der Waals surface area contributed by atoms with Crippen LogP contribution in [0.3, 0.4) is 0 Å². The van der Waals surface area contributed by atoms with Crippen molar-refractivity contribution >= 4 is 0 Å². The summed E-state index contributed by atoms with van der Waals surface area (Å²) in [6.45, 7) is 6.73. The molecule has 0 aliphatic rings. The Labute approximate surface area is 93.9 Å². The minimum atomic E-state index is 0.616. The molecule has 1 aromatic rings. The standard InChI is InChI=1S/C14H23N/c1-11-6-5-7-14(9-11)10-12(2)8-13(3)15-4/h5-7,9,12-13,15H,8,10H2,1-4H3. The van der Waals surface area contributed by atoms with Gasteiger partial charge in [0.15, 0.2) is 0 Å². The lowest BCUT2D eigenvalue weighted by atomic mass is 9.94. The summed E-state index contributed by atoms with van der Waals surface area (Å²) in [6.07, 6.45) is 2.43. The number of benzene rings is 1. The topological polar surface area (TPSA) is 12.0 Å². The van der Waals surface area contributed by atoms with E-state index in [4.69, 9.17) is 0 Å². The van der Waals surface area contributed by atoms with Gasteiger partial charge >= 0.3 is 0 Å². The van der Waals surface area contributed by atoms with Gasteiger partial charge in [-0.25, -0.2) is 0 Å². The van der Waals surface area contributed by atoms with Crippen molar-refractivity contribution in [2.75, 3.05) is 7.05 Å². The van der Waals surface area contributed by atoms with Crippen LogP contribution in [0.2, 0.25) is 0 Å². The van der Waals surface area contributed by atoms with Crippen LogP contribution >= 0.6 is 0 Å². The fourth-order valence-electron chi connectivity index (χ4n) is 2.05. The minimum Gasteiger partial charge on any atom is -0.317 e. The maximum Gasteiger partial charge on any atom is 0.00383 e. The van der Waals surface area contributed by atoms with Crippen molar-refractivity contribution < 1.29 is 0 Å². The van der Waals surface area contributed by atoms with Crippen molar-refractivity contribution in [2.45, 2.75) is 39.7 Å². The quantitative estimate of drug-likeness (QED) is 0.778. The van der Waals surface area contributed by atoms with E-state index in [1.807, 2.05) is 7.05 Å². The van der Waals surface area contributed by atoms with Crippen molar-refractivity contribution in [3.8, 4) is 0 Å². The third-order valence-electron chi connectivity index (χ3n) is 2.92. The first-order chi connectivity index (χ1) is 7.11. The van der Waals surface area contributed by atoms with Crippen LogP contribution < -0.4 is 5.32 Å². The van der Waals surface area contributed by atoms with Gasteiger partial charge in [-0.05, 0) is 45.2 Å². The summed E-state index contributed by atoms with van der Waals surface area (Å²) in [5.41, 5.74) is 2.83. The zero-order valence-electron chi connectivity index (χ0n) is 10.4. The SMILES string of the molecule is CNC(C)CC(C)Cc1cccc(C)c1. The Hall–Kier alpha value is -0.820. The lowest BCUT2D eigenvalue weighted by molar-refractivity contribution is 0.440. The monoisotopic (exact) mass is 205 g/mol. The molecule has 84 valence electrons. The van der Waals surface area contributed by atoms with Crippen LogP contribution in [0.4, 0.5) is 0 Å². The fraction of sp³-hybridized carbons (Fsp3) is 0.571. The molecule has 0 saturated carbocycles. The molecule has 0 aliphatic carbocycles.